The van der Waals surface area contributed by atoms with E-state index >= 15 is 0 Å². The topological polar surface area (TPSA) is 56.8 Å². The number of anilines is 1. The van der Waals surface area contributed by atoms with Gasteiger partial charge in [-0.1, -0.05) is 24.3 Å². The highest BCUT2D eigenvalue weighted by molar-refractivity contribution is 5.75. The summed E-state index contributed by atoms with van der Waals surface area (Å²) in [5.41, 5.74) is 2.83. The second-order valence-electron chi connectivity index (χ2n) is 6.64. The average molecular weight is 427 g/mol. The largest absolute Gasteiger partial charge is 0.496 e. The minimum Gasteiger partial charge on any atom is -0.496 e. The molecule has 0 aliphatic carbocycles. The molecule has 3 rings (SSSR count). The fourth-order valence-corrected chi connectivity index (χ4v) is 2.98. The van der Waals surface area contributed by atoms with Crippen molar-refractivity contribution in [2.45, 2.75) is 13.5 Å². The van der Waals surface area contributed by atoms with Crippen molar-refractivity contribution >= 4 is 11.7 Å². The maximum atomic E-state index is 13.7. The van der Waals surface area contributed by atoms with E-state index in [0.29, 0.717) is 30.1 Å². The summed E-state index contributed by atoms with van der Waals surface area (Å²) in [5.74, 6) is -1.34. The van der Waals surface area contributed by atoms with Gasteiger partial charge in [-0.2, -0.15) is 0 Å². The Labute approximate surface area is 179 Å². The van der Waals surface area contributed by atoms with Crippen LogP contribution >= 0.6 is 0 Å². The summed E-state index contributed by atoms with van der Waals surface area (Å²) >= 11 is 0. The Hall–Kier alpha value is -3.61. The van der Waals surface area contributed by atoms with Gasteiger partial charge in [0.15, 0.2) is 11.6 Å². The number of nitrogens with one attached hydrogen (secondary N) is 1. The van der Waals surface area contributed by atoms with Crippen LogP contribution in [0.15, 0.2) is 60.7 Å². The first-order valence-corrected chi connectivity index (χ1v) is 9.75. The van der Waals surface area contributed by atoms with E-state index in [-0.39, 0.29) is 18.3 Å². The fraction of sp³-hybridized carbons (Fsp3) is 0.208. The van der Waals surface area contributed by atoms with Crippen molar-refractivity contribution in [2.75, 3.05) is 25.6 Å². The first-order chi connectivity index (χ1) is 15.0. The molecule has 0 spiro atoms. The van der Waals surface area contributed by atoms with E-state index in [0.717, 1.165) is 23.4 Å². The molecule has 0 aromatic heterocycles. The van der Waals surface area contributed by atoms with Gasteiger partial charge >= 0.3 is 5.97 Å². The molecule has 3 aromatic carbocycles. The Morgan fingerprint density at radius 1 is 1.00 bits per heavy atom. The van der Waals surface area contributed by atoms with E-state index in [1.165, 1.54) is 7.11 Å². The van der Waals surface area contributed by atoms with Crippen molar-refractivity contribution in [2.24, 2.45) is 0 Å². The molecule has 0 radical (unpaired) electrons. The monoisotopic (exact) mass is 427 g/mol. The summed E-state index contributed by atoms with van der Waals surface area (Å²) in [6, 6.07) is 16.7. The van der Waals surface area contributed by atoms with Crippen molar-refractivity contribution in [3.8, 4) is 22.6 Å². The molecule has 5 nitrogen and oxygen atoms in total. The molecule has 0 saturated heterocycles. The van der Waals surface area contributed by atoms with Gasteiger partial charge in [0.2, 0.25) is 0 Å². The zero-order valence-corrected chi connectivity index (χ0v) is 17.3. The number of carbonyl (C=O) groups excluding carboxylic acids is 1. The quantitative estimate of drug-likeness (QED) is 0.476. The van der Waals surface area contributed by atoms with E-state index in [2.05, 4.69) is 5.32 Å². The van der Waals surface area contributed by atoms with Crippen LogP contribution in [0.3, 0.4) is 0 Å². The number of carbonyl (C=O) groups is 1. The highest BCUT2D eigenvalue weighted by atomic mass is 19.2. The molecular formula is C24H23F2NO4. The van der Waals surface area contributed by atoms with E-state index in [4.69, 9.17) is 14.2 Å². The van der Waals surface area contributed by atoms with Gasteiger partial charge in [0, 0.05) is 17.3 Å². The van der Waals surface area contributed by atoms with Crippen molar-refractivity contribution in [1.29, 1.82) is 0 Å². The molecule has 0 unspecified atom stereocenters. The summed E-state index contributed by atoms with van der Waals surface area (Å²) in [6.45, 7) is 2.52. The minimum absolute atomic E-state index is 0.0903. The number of benzene rings is 3. The van der Waals surface area contributed by atoms with Crippen LogP contribution in [0.1, 0.15) is 12.5 Å². The minimum atomic E-state index is -0.959. The third kappa shape index (κ3) is 5.94. The number of halogens is 2. The molecule has 162 valence electrons. The maximum absolute atomic E-state index is 13.7. The van der Waals surface area contributed by atoms with Crippen LogP contribution in [0, 0.1) is 11.6 Å². The molecule has 7 heteroatoms. The summed E-state index contributed by atoms with van der Waals surface area (Å²) < 4.78 is 43.0. The molecule has 31 heavy (non-hydrogen) atoms. The predicted molar refractivity (Wildman–Crippen MR) is 114 cm³/mol. The molecule has 0 atom stereocenters. The molecule has 0 bridgehead atoms. The molecule has 0 aliphatic heterocycles. The van der Waals surface area contributed by atoms with Gasteiger partial charge in [0.25, 0.3) is 0 Å². The Morgan fingerprint density at radius 3 is 2.45 bits per heavy atom. The molecular weight excluding hydrogens is 404 g/mol. The lowest BCUT2D eigenvalue weighted by Gasteiger charge is -2.12. The first kappa shape index (κ1) is 22.1. The standard InChI is InChI=1S/C24H23F2NO4/c1-3-30-24(28)14-27-18-6-4-5-16(11-18)15-31-19-9-7-17(8-10-19)20-12-21(25)22(26)13-23(20)29-2/h4-13,27H,3,14-15H2,1-2H3. The zero-order chi connectivity index (χ0) is 22.2. The first-order valence-electron chi connectivity index (χ1n) is 9.75. The smallest absolute Gasteiger partial charge is 0.325 e. The lowest BCUT2D eigenvalue weighted by atomic mass is 10.0. The maximum Gasteiger partial charge on any atom is 0.325 e. The Balaban J connectivity index is 1.63. The highest BCUT2D eigenvalue weighted by Gasteiger charge is 2.12. The van der Waals surface area contributed by atoms with Crippen LogP contribution in [-0.4, -0.2) is 26.2 Å². The average Bonchev–Trinajstić information content (AvgIpc) is 2.79. The zero-order valence-electron chi connectivity index (χ0n) is 17.3. The lowest BCUT2D eigenvalue weighted by molar-refractivity contribution is -0.140. The van der Waals surface area contributed by atoms with Gasteiger partial charge in [-0.15, -0.1) is 0 Å². The molecule has 1 N–H and O–H groups in total. The van der Waals surface area contributed by atoms with E-state index in [9.17, 15) is 13.6 Å². The number of esters is 1. The molecule has 0 aliphatic rings. The molecule has 0 amide bonds. The van der Waals surface area contributed by atoms with Crippen LogP contribution in [0.5, 0.6) is 11.5 Å². The molecule has 0 fully saturated rings. The lowest BCUT2D eigenvalue weighted by Crippen LogP contribution is -2.16. The van der Waals surface area contributed by atoms with Gasteiger partial charge < -0.3 is 19.5 Å². The second-order valence-corrected chi connectivity index (χ2v) is 6.64. The number of ether oxygens (including phenoxy) is 3. The van der Waals surface area contributed by atoms with Crippen LogP contribution in [0.25, 0.3) is 11.1 Å². The Bertz CT molecular complexity index is 1040. The van der Waals surface area contributed by atoms with Crippen LogP contribution in [-0.2, 0) is 16.1 Å². The number of rotatable bonds is 9. The molecule has 3 aromatic rings. The van der Waals surface area contributed by atoms with Crippen molar-refractivity contribution in [3.05, 3.63) is 77.9 Å². The molecule has 0 heterocycles. The highest BCUT2D eigenvalue weighted by Crippen LogP contribution is 2.33. The van der Waals surface area contributed by atoms with Gasteiger partial charge in [-0.25, -0.2) is 8.78 Å². The fourth-order valence-electron chi connectivity index (χ4n) is 2.98. The van der Waals surface area contributed by atoms with Crippen LogP contribution in [0.2, 0.25) is 0 Å². The SMILES string of the molecule is CCOC(=O)CNc1cccc(COc2ccc(-c3cc(F)c(F)cc3OC)cc2)c1. The third-order valence-electron chi connectivity index (χ3n) is 4.48. The number of hydrogen-bond donors (Lipinski definition) is 1. The van der Waals surface area contributed by atoms with Gasteiger partial charge in [0.05, 0.1) is 13.7 Å². The second kappa shape index (κ2) is 10.4. The van der Waals surface area contributed by atoms with Crippen molar-refractivity contribution in [1.82, 2.24) is 0 Å². The van der Waals surface area contributed by atoms with Crippen LogP contribution < -0.4 is 14.8 Å². The predicted octanol–water partition coefficient (Wildman–Crippen LogP) is 5.19. The number of hydrogen-bond acceptors (Lipinski definition) is 5. The normalized spacial score (nSPS) is 10.5. The van der Waals surface area contributed by atoms with Gasteiger partial charge in [-0.3, -0.25) is 4.79 Å². The third-order valence-corrected chi connectivity index (χ3v) is 4.48. The summed E-state index contributed by atoms with van der Waals surface area (Å²) in [4.78, 5) is 11.5. The number of methoxy groups -OCH3 is 1. The van der Waals surface area contributed by atoms with Crippen LogP contribution in [0.4, 0.5) is 14.5 Å². The van der Waals surface area contributed by atoms with E-state index in [1.807, 2.05) is 24.3 Å². The molecule has 0 saturated carbocycles. The van der Waals surface area contributed by atoms with Crippen molar-refractivity contribution < 1.29 is 27.8 Å². The van der Waals surface area contributed by atoms with E-state index < -0.39 is 11.6 Å². The van der Waals surface area contributed by atoms with Gasteiger partial charge in [-0.05, 0) is 48.4 Å². The summed E-state index contributed by atoms with van der Waals surface area (Å²) in [5, 5.41) is 3.01. The summed E-state index contributed by atoms with van der Waals surface area (Å²) in [6.07, 6.45) is 0. The van der Waals surface area contributed by atoms with Crippen molar-refractivity contribution in [3.63, 3.8) is 0 Å². The summed E-state index contributed by atoms with van der Waals surface area (Å²) in [7, 11) is 1.41. The Morgan fingerprint density at radius 2 is 1.74 bits per heavy atom. The Kier molecular flexibility index (Phi) is 7.43. The van der Waals surface area contributed by atoms with Gasteiger partial charge in [0.1, 0.15) is 24.7 Å². The van der Waals surface area contributed by atoms with E-state index in [1.54, 1.807) is 31.2 Å².